The Bertz CT molecular complexity index is 1030. The molecular formula is C25H28ClF3N2O2. The van der Waals surface area contributed by atoms with E-state index in [-0.39, 0.29) is 22.9 Å². The minimum Gasteiger partial charge on any atom is -0.385 e. The molecular weight excluding hydrogens is 453 g/mol. The Balaban J connectivity index is 1.40. The van der Waals surface area contributed by atoms with Crippen molar-refractivity contribution in [3.8, 4) is 0 Å². The highest BCUT2D eigenvalue weighted by molar-refractivity contribution is 6.31. The molecule has 2 unspecified atom stereocenters. The zero-order valence-electron chi connectivity index (χ0n) is 18.8. The van der Waals surface area contributed by atoms with E-state index in [1.165, 1.54) is 11.6 Å². The maximum absolute atomic E-state index is 13.1. The van der Waals surface area contributed by atoms with E-state index in [4.69, 9.17) is 11.6 Å². The first kappa shape index (κ1) is 23.9. The standard InChI is InChI=1S/C25H28ClF3N2O2/c1-23(2,3)17-4-6-18(7-5-17)24(33)11-15-13-31(14-16(15)12-24)22(32)30-19-8-9-21(26)20(10-19)25(27,28)29/h4-10,15-16,33H,11-14H2,1-3H3,(H,30,32)/t15-,16?,24?/m1/s1. The van der Waals surface area contributed by atoms with Crippen molar-refractivity contribution in [2.75, 3.05) is 18.4 Å². The molecule has 3 atom stereocenters. The normalized spacial score (nSPS) is 25.3. The Labute approximate surface area is 196 Å². The lowest BCUT2D eigenvalue weighted by molar-refractivity contribution is -0.137. The molecule has 0 aromatic heterocycles. The van der Waals surface area contributed by atoms with Crippen LogP contribution in [0.1, 0.15) is 50.3 Å². The Kier molecular flexibility index (Phi) is 5.94. The molecule has 2 aromatic carbocycles. The van der Waals surface area contributed by atoms with Crippen molar-refractivity contribution in [3.05, 3.63) is 64.2 Å². The van der Waals surface area contributed by atoms with Gasteiger partial charge in [-0.05, 0) is 59.4 Å². The molecule has 0 bridgehead atoms. The molecule has 1 aliphatic heterocycles. The predicted molar refractivity (Wildman–Crippen MR) is 122 cm³/mol. The van der Waals surface area contributed by atoms with E-state index in [1.54, 1.807) is 4.90 Å². The second-order valence-corrected chi connectivity index (χ2v) is 10.7. The summed E-state index contributed by atoms with van der Waals surface area (Å²) < 4.78 is 39.3. The molecule has 2 aromatic rings. The fraction of sp³-hybridized carbons (Fsp3) is 0.480. The van der Waals surface area contributed by atoms with E-state index in [9.17, 15) is 23.1 Å². The molecule has 178 valence electrons. The molecule has 4 rings (SSSR count). The molecule has 2 N–H and O–H groups in total. The summed E-state index contributed by atoms with van der Waals surface area (Å²) in [6.07, 6.45) is -3.50. The zero-order valence-corrected chi connectivity index (χ0v) is 19.6. The van der Waals surface area contributed by atoms with Gasteiger partial charge in [0, 0.05) is 18.8 Å². The van der Waals surface area contributed by atoms with Crippen molar-refractivity contribution in [1.82, 2.24) is 4.90 Å². The van der Waals surface area contributed by atoms with E-state index >= 15 is 0 Å². The molecule has 1 aliphatic carbocycles. The topological polar surface area (TPSA) is 52.6 Å². The van der Waals surface area contributed by atoms with Crippen LogP contribution in [0.3, 0.4) is 0 Å². The summed E-state index contributed by atoms with van der Waals surface area (Å²) in [7, 11) is 0. The van der Waals surface area contributed by atoms with Gasteiger partial charge in [-0.2, -0.15) is 13.2 Å². The molecule has 33 heavy (non-hydrogen) atoms. The quantitative estimate of drug-likeness (QED) is 0.521. The van der Waals surface area contributed by atoms with Gasteiger partial charge in [0.25, 0.3) is 0 Å². The number of nitrogens with zero attached hydrogens (tertiary/aromatic N) is 1. The minimum atomic E-state index is -4.60. The van der Waals surface area contributed by atoms with Crippen LogP contribution in [0, 0.1) is 11.8 Å². The monoisotopic (exact) mass is 480 g/mol. The summed E-state index contributed by atoms with van der Waals surface area (Å²) in [6.45, 7) is 7.34. The average Bonchev–Trinajstić information content (AvgIpc) is 3.24. The lowest BCUT2D eigenvalue weighted by Gasteiger charge is -2.28. The van der Waals surface area contributed by atoms with Crippen LogP contribution in [0.2, 0.25) is 5.02 Å². The number of halogens is 4. The third-order valence-electron chi connectivity index (χ3n) is 6.87. The third-order valence-corrected chi connectivity index (χ3v) is 7.20. The van der Waals surface area contributed by atoms with Crippen molar-refractivity contribution in [2.24, 2.45) is 11.8 Å². The average molecular weight is 481 g/mol. The van der Waals surface area contributed by atoms with E-state index < -0.39 is 28.4 Å². The molecule has 2 amide bonds. The molecule has 2 fully saturated rings. The molecule has 2 aliphatic rings. The van der Waals surface area contributed by atoms with Gasteiger partial charge in [0.1, 0.15) is 0 Å². The number of benzene rings is 2. The number of rotatable bonds is 2. The molecule has 0 spiro atoms. The van der Waals surface area contributed by atoms with E-state index in [1.807, 2.05) is 12.1 Å². The highest BCUT2D eigenvalue weighted by Crippen LogP contribution is 2.49. The predicted octanol–water partition coefficient (Wildman–Crippen LogP) is 6.42. The van der Waals surface area contributed by atoms with Gasteiger partial charge in [0.05, 0.1) is 16.2 Å². The van der Waals surface area contributed by atoms with Gasteiger partial charge in [-0.3, -0.25) is 0 Å². The van der Waals surface area contributed by atoms with Crippen LogP contribution in [-0.4, -0.2) is 29.1 Å². The number of carbonyl (C=O) groups excluding carboxylic acids is 1. The second-order valence-electron chi connectivity index (χ2n) is 10.3. The van der Waals surface area contributed by atoms with Crippen molar-refractivity contribution in [1.29, 1.82) is 0 Å². The minimum absolute atomic E-state index is 0.0339. The summed E-state index contributed by atoms with van der Waals surface area (Å²) in [5, 5.41) is 13.5. The van der Waals surface area contributed by atoms with Gasteiger partial charge in [0.2, 0.25) is 0 Å². The fourth-order valence-corrected chi connectivity index (χ4v) is 5.28. The maximum Gasteiger partial charge on any atom is 0.417 e. The maximum atomic E-state index is 13.1. The van der Waals surface area contributed by atoms with Crippen molar-refractivity contribution in [3.63, 3.8) is 0 Å². The number of amides is 2. The Morgan fingerprint density at radius 3 is 2.15 bits per heavy atom. The number of nitrogens with one attached hydrogen (secondary N) is 1. The first-order valence-corrected chi connectivity index (χ1v) is 11.4. The third kappa shape index (κ3) is 4.85. The van der Waals surface area contributed by atoms with Crippen LogP contribution in [0.25, 0.3) is 0 Å². The number of anilines is 1. The molecule has 4 nitrogen and oxygen atoms in total. The van der Waals surface area contributed by atoms with Crippen LogP contribution in [0.4, 0.5) is 23.7 Å². The molecule has 0 radical (unpaired) electrons. The number of hydrogen-bond acceptors (Lipinski definition) is 2. The first-order valence-electron chi connectivity index (χ1n) is 11.0. The molecule has 8 heteroatoms. The highest BCUT2D eigenvalue weighted by Gasteiger charge is 2.50. The smallest absolute Gasteiger partial charge is 0.385 e. The number of urea groups is 1. The number of fused-ring (bicyclic) bond motifs is 1. The number of aliphatic hydroxyl groups is 1. The Morgan fingerprint density at radius 1 is 1.06 bits per heavy atom. The fourth-order valence-electron chi connectivity index (χ4n) is 5.06. The summed E-state index contributed by atoms with van der Waals surface area (Å²) in [4.78, 5) is 14.3. The number of alkyl halides is 3. The highest BCUT2D eigenvalue weighted by atomic mass is 35.5. The van der Waals surface area contributed by atoms with Crippen molar-refractivity contribution >= 4 is 23.3 Å². The van der Waals surface area contributed by atoms with Gasteiger partial charge < -0.3 is 15.3 Å². The van der Waals surface area contributed by atoms with Crippen molar-refractivity contribution in [2.45, 2.75) is 50.8 Å². The first-order chi connectivity index (χ1) is 15.3. The van der Waals surface area contributed by atoms with E-state index in [2.05, 4.69) is 38.2 Å². The van der Waals surface area contributed by atoms with Crippen molar-refractivity contribution < 1.29 is 23.1 Å². The van der Waals surface area contributed by atoms with Crippen LogP contribution < -0.4 is 5.32 Å². The number of carbonyl (C=O) groups is 1. The molecule has 1 heterocycles. The summed E-state index contributed by atoms with van der Waals surface area (Å²) in [5.74, 6) is 0.276. The van der Waals surface area contributed by atoms with Gasteiger partial charge in [0.15, 0.2) is 0 Å². The van der Waals surface area contributed by atoms with Gasteiger partial charge in [-0.25, -0.2) is 4.79 Å². The lowest BCUT2D eigenvalue weighted by atomic mass is 9.84. The number of hydrogen-bond donors (Lipinski definition) is 2. The summed E-state index contributed by atoms with van der Waals surface area (Å²) in [6, 6.07) is 11.0. The number of likely N-dealkylation sites (tertiary alicyclic amines) is 1. The van der Waals surface area contributed by atoms with Gasteiger partial charge in [-0.15, -0.1) is 0 Å². The second kappa shape index (κ2) is 8.20. The van der Waals surface area contributed by atoms with E-state index in [0.717, 1.165) is 17.7 Å². The van der Waals surface area contributed by atoms with Crippen LogP contribution in [0.5, 0.6) is 0 Å². The lowest BCUT2D eigenvalue weighted by Crippen LogP contribution is -2.35. The van der Waals surface area contributed by atoms with Gasteiger partial charge in [-0.1, -0.05) is 56.6 Å². The Hall–Kier alpha value is -2.25. The summed E-state index contributed by atoms with van der Waals surface area (Å²) in [5.41, 5.74) is 0.263. The van der Waals surface area contributed by atoms with Gasteiger partial charge >= 0.3 is 12.2 Å². The zero-order chi connectivity index (χ0) is 24.2. The summed E-state index contributed by atoms with van der Waals surface area (Å²) >= 11 is 5.65. The van der Waals surface area contributed by atoms with Crippen LogP contribution >= 0.6 is 11.6 Å². The van der Waals surface area contributed by atoms with E-state index in [0.29, 0.717) is 25.9 Å². The SMILES string of the molecule is CC(C)(C)c1ccc(C2(O)CC3CN(C(=O)Nc4ccc(Cl)c(C(F)(F)F)c4)C[C@H]3C2)cc1. The molecule has 1 saturated heterocycles. The van der Waals surface area contributed by atoms with Crippen LogP contribution in [0.15, 0.2) is 42.5 Å². The van der Waals surface area contributed by atoms with Crippen LogP contribution in [-0.2, 0) is 17.2 Å². The largest absolute Gasteiger partial charge is 0.417 e. The molecule has 1 saturated carbocycles. The Morgan fingerprint density at radius 2 is 1.64 bits per heavy atom.